The van der Waals surface area contributed by atoms with E-state index in [1.807, 2.05) is 30.3 Å². The lowest BCUT2D eigenvalue weighted by atomic mass is 9.95. The van der Waals surface area contributed by atoms with E-state index in [-0.39, 0.29) is 17.9 Å². The van der Waals surface area contributed by atoms with Crippen LogP contribution in [0, 0.1) is 5.92 Å². The second-order valence-electron chi connectivity index (χ2n) is 10.1. The van der Waals surface area contributed by atoms with Crippen molar-refractivity contribution in [2.24, 2.45) is 5.92 Å². The normalized spacial score (nSPS) is 16.6. The Hall–Kier alpha value is -4.13. The Morgan fingerprint density at radius 3 is 2.46 bits per heavy atom. The highest BCUT2D eigenvalue weighted by molar-refractivity contribution is 6.46. The molecule has 0 bridgehead atoms. The third-order valence-corrected chi connectivity index (χ3v) is 6.50. The van der Waals surface area contributed by atoms with Gasteiger partial charge >= 0.3 is 0 Å². The van der Waals surface area contributed by atoms with Crippen LogP contribution in [0.1, 0.15) is 62.9 Å². The number of aromatic nitrogens is 1. The molecule has 0 radical (unpaired) electrons. The summed E-state index contributed by atoms with van der Waals surface area (Å²) in [7, 11) is 0. The van der Waals surface area contributed by atoms with Crippen molar-refractivity contribution in [3.63, 3.8) is 0 Å². The van der Waals surface area contributed by atoms with Gasteiger partial charge < -0.3 is 19.5 Å². The fourth-order valence-corrected chi connectivity index (χ4v) is 4.50. The maximum atomic E-state index is 13.4. The predicted molar refractivity (Wildman–Crippen MR) is 150 cm³/mol. The van der Waals surface area contributed by atoms with Crippen LogP contribution in [0.5, 0.6) is 11.5 Å². The number of Topliss-reactive ketones (excluding diaryl/α,β-unsaturated/α-hetero) is 1. The first-order chi connectivity index (χ1) is 18.9. The zero-order chi connectivity index (χ0) is 27.8. The first-order valence-electron chi connectivity index (χ1n) is 13.5. The predicted octanol–water partition coefficient (Wildman–Crippen LogP) is 6.31. The number of benzene rings is 2. The summed E-state index contributed by atoms with van der Waals surface area (Å²) in [5, 5.41) is 11.4. The molecule has 3 aromatic rings. The molecular formula is C32H36N2O5. The molecule has 1 saturated heterocycles. The number of carbonyl (C=O) groups excluding carboxylic acids is 2. The van der Waals surface area contributed by atoms with Crippen LogP contribution in [0.25, 0.3) is 5.76 Å². The van der Waals surface area contributed by atoms with Crippen molar-refractivity contribution >= 4 is 17.4 Å². The standard InChI is InChI=1S/C32H36N2O5/c1-4-5-8-18-38-26-15-13-23(14-16-26)30(35)28-29(24-10-9-12-27(19-24)39-21-22(2)3)34(32(37)31(28)36)20-25-11-6-7-17-33-25/h6-7,9-17,19,22,29,35H,4-5,8,18,20-21H2,1-3H3/b30-28-. The molecule has 2 heterocycles. The van der Waals surface area contributed by atoms with Crippen molar-refractivity contribution < 1.29 is 24.2 Å². The highest BCUT2D eigenvalue weighted by Crippen LogP contribution is 2.41. The minimum atomic E-state index is -0.806. The Morgan fingerprint density at radius 2 is 1.77 bits per heavy atom. The van der Waals surface area contributed by atoms with Gasteiger partial charge in [0.2, 0.25) is 0 Å². The van der Waals surface area contributed by atoms with Crippen LogP contribution in [0.2, 0.25) is 0 Å². The third-order valence-electron chi connectivity index (χ3n) is 6.50. The number of amides is 1. The first-order valence-corrected chi connectivity index (χ1v) is 13.5. The monoisotopic (exact) mass is 528 g/mol. The lowest BCUT2D eigenvalue weighted by Gasteiger charge is -2.25. The second kappa shape index (κ2) is 13.1. The van der Waals surface area contributed by atoms with Gasteiger partial charge in [-0.15, -0.1) is 0 Å². The van der Waals surface area contributed by atoms with Crippen molar-refractivity contribution in [2.75, 3.05) is 13.2 Å². The van der Waals surface area contributed by atoms with Crippen molar-refractivity contribution in [1.29, 1.82) is 0 Å². The summed E-state index contributed by atoms with van der Waals surface area (Å²) < 4.78 is 11.7. The van der Waals surface area contributed by atoms with Crippen molar-refractivity contribution in [3.8, 4) is 11.5 Å². The van der Waals surface area contributed by atoms with Crippen LogP contribution in [0.4, 0.5) is 0 Å². The SMILES string of the molecule is CCCCCOc1ccc(/C(O)=C2/C(=O)C(=O)N(Cc3ccccn3)C2c2cccc(OCC(C)C)c2)cc1. The number of carbonyl (C=O) groups is 2. The highest BCUT2D eigenvalue weighted by Gasteiger charge is 2.46. The largest absolute Gasteiger partial charge is 0.507 e. The molecule has 4 rings (SSSR count). The minimum Gasteiger partial charge on any atom is -0.507 e. The summed E-state index contributed by atoms with van der Waals surface area (Å²) in [6.07, 6.45) is 4.83. The van der Waals surface area contributed by atoms with Crippen molar-refractivity contribution in [3.05, 3.63) is 95.3 Å². The number of hydrogen-bond acceptors (Lipinski definition) is 6. The van der Waals surface area contributed by atoms with E-state index in [0.29, 0.717) is 47.5 Å². The number of rotatable bonds is 12. The number of hydrogen-bond donors (Lipinski definition) is 1. The fourth-order valence-electron chi connectivity index (χ4n) is 4.50. The van der Waals surface area contributed by atoms with Crippen LogP contribution in [0.3, 0.4) is 0 Å². The number of ether oxygens (including phenoxy) is 2. The molecule has 1 N–H and O–H groups in total. The molecule has 39 heavy (non-hydrogen) atoms. The average molecular weight is 529 g/mol. The van der Waals surface area contributed by atoms with E-state index >= 15 is 0 Å². The second-order valence-corrected chi connectivity index (χ2v) is 10.1. The molecule has 1 aliphatic rings. The Balaban J connectivity index is 1.71. The molecule has 204 valence electrons. The molecule has 1 aromatic heterocycles. The summed E-state index contributed by atoms with van der Waals surface area (Å²) in [6.45, 7) is 7.53. The van der Waals surface area contributed by atoms with E-state index in [4.69, 9.17) is 9.47 Å². The van der Waals surface area contributed by atoms with Crippen LogP contribution in [-0.2, 0) is 16.1 Å². The minimum absolute atomic E-state index is 0.0357. The van der Waals surface area contributed by atoms with Gasteiger partial charge in [-0.05, 0) is 66.4 Å². The Bertz CT molecular complexity index is 1300. The molecule has 1 fully saturated rings. The summed E-state index contributed by atoms with van der Waals surface area (Å²) in [5.74, 6) is 0.00682. The molecule has 7 heteroatoms. The number of unbranched alkanes of at least 4 members (excludes halogenated alkanes) is 2. The molecule has 7 nitrogen and oxygen atoms in total. The van der Waals surface area contributed by atoms with Gasteiger partial charge in [0.15, 0.2) is 0 Å². The van der Waals surface area contributed by atoms with E-state index in [2.05, 4.69) is 25.8 Å². The van der Waals surface area contributed by atoms with E-state index in [0.717, 1.165) is 19.3 Å². The molecule has 2 aromatic carbocycles. The zero-order valence-electron chi connectivity index (χ0n) is 22.8. The molecule has 0 saturated carbocycles. The Morgan fingerprint density at radius 1 is 0.974 bits per heavy atom. The van der Waals surface area contributed by atoms with E-state index < -0.39 is 17.7 Å². The van der Waals surface area contributed by atoms with E-state index in [1.54, 1.807) is 42.6 Å². The molecule has 0 aliphatic carbocycles. The fraction of sp³-hybridized carbons (Fsp3) is 0.344. The van der Waals surface area contributed by atoms with Gasteiger partial charge in [0, 0.05) is 11.8 Å². The van der Waals surface area contributed by atoms with Crippen LogP contribution < -0.4 is 9.47 Å². The third kappa shape index (κ3) is 6.85. The van der Waals surface area contributed by atoms with Crippen molar-refractivity contribution in [2.45, 2.75) is 52.6 Å². The van der Waals surface area contributed by atoms with Gasteiger partial charge in [-0.25, -0.2) is 0 Å². The van der Waals surface area contributed by atoms with Crippen LogP contribution in [0.15, 0.2) is 78.5 Å². The first kappa shape index (κ1) is 27.9. The summed E-state index contributed by atoms with van der Waals surface area (Å²) in [4.78, 5) is 32.5. The van der Waals surface area contributed by atoms with E-state index in [1.165, 1.54) is 4.90 Å². The topological polar surface area (TPSA) is 89.0 Å². The Kier molecular flexibility index (Phi) is 9.36. The van der Waals surface area contributed by atoms with Gasteiger partial charge in [0.05, 0.1) is 37.1 Å². The van der Waals surface area contributed by atoms with Crippen LogP contribution >= 0.6 is 0 Å². The molecule has 1 aliphatic heterocycles. The van der Waals surface area contributed by atoms with Crippen LogP contribution in [-0.4, -0.2) is 39.9 Å². The molecule has 1 amide bonds. The van der Waals surface area contributed by atoms with Gasteiger partial charge in [-0.1, -0.05) is 51.8 Å². The van der Waals surface area contributed by atoms with Gasteiger partial charge in [-0.2, -0.15) is 0 Å². The molecule has 1 unspecified atom stereocenters. The number of likely N-dealkylation sites (tertiary alicyclic amines) is 1. The maximum absolute atomic E-state index is 13.4. The van der Waals surface area contributed by atoms with Gasteiger partial charge in [0.1, 0.15) is 17.3 Å². The highest BCUT2D eigenvalue weighted by atomic mass is 16.5. The number of aliphatic hydroxyl groups excluding tert-OH is 1. The van der Waals surface area contributed by atoms with E-state index in [9.17, 15) is 14.7 Å². The molecule has 0 spiro atoms. The molecular weight excluding hydrogens is 492 g/mol. The summed E-state index contributed by atoms with van der Waals surface area (Å²) >= 11 is 0. The summed E-state index contributed by atoms with van der Waals surface area (Å²) in [5.41, 5.74) is 1.78. The lowest BCUT2D eigenvalue weighted by Crippen LogP contribution is -2.29. The summed E-state index contributed by atoms with van der Waals surface area (Å²) in [6, 6.07) is 18.9. The van der Waals surface area contributed by atoms with Crippen molar-refractivity contribution in [1.82, 2.24) is 9.88 Å². The number of nitrogens with zero attached hydrogens (tertiary/aromatic N) is 2. The number of pyridine rings is 1. The average Bonchev–Trinajstić information content (AvgIpc) is 3.20. The smallest absolute Gasteiger partial charge is 0.296 e. The van der Waals surface area contributed by atoms with Gasteiger partial charge in [0.25, 0.3) is 11.7 Å². The zero-order valence-corrected chi connectivity index (χ0v) is 22.8. The molecule has 1 atom stereocenters. The Labute approximate surface area is 230 Å². The number of ketones is 1. The quantitative estimate of drug-likeness (QED) is 0.128. The number of aliphatic hydroxyl groups is 1. The van der Waals surface area contributed by atoms with Gasteiger partial charge in [-0.3, -0.25) is 14.6 Å². The lowest BCUT2D eigenvalue weighted by molar-refractivity contribution is -0.140. The maximum Gasteiger partial charge on any atom is 0.296 e.